The van der Waals surface area contributed by atoms with E-state index in [0.717, 1.165) is 10.5 Å². The maximum atomic E-state index is 14.1. The quantitative estimate of drug-likeness (QED) is 0.112. The summed E-state index contributed by atoms with van der Waals surface area (Å²) in [6.07, 6.45) is -0.365. The van der Waals surface area contributed by atoms with Gasteiger partial charge < -0.3 is 19.3 Å². The minimum absolute atomic E-state index is 0.0197. The van der Waals surface area contributed by atoms with Crippen LogP contribution in [0.15, 0.2) is 76.2 Å². The van der Waals surface area contributed by atoms with E-state index in [9.17, 15) is 18.4 Å². The molecule has 9 nitrogen and oxygen atoms in total. The summed E-state index contributed by atoms with van der Waals surface area (Å²) in [7, 11) is 0. The van der Waals surface area contributed by atoms with E-state index in [4.69, 9.17) is 24.3 Å². The molecule has 0 fully saturated rings. The first-order valence-corrected chi connectivity index (χ1v) is 15.7. The maximum Gasteiger partial charge on any atom is 0.306 e. The molecule has 0 saturated heterocycles. The number of aliphatic imine (C=N–C) groups is 1. The van der Waals surface area contributed by atoms with Gasteiger partial charge in [-0.1, -0.05) is 28.1 Å². The van der Waals surface area contributed by atoms with E-state index >= 15 is 0 Å². The average Bonchev–Trinajstić information content (AvgIpc) is 3.39. The summed E-state index contributed by atoms with van der Waals surface area (Å²) in [6.45, 7) is 5.82. The van der Waals surface area contributed by atoms with Crippen LogP contribution in [-0.4, -0.2) is 53.8 Å². The lowest BCUT2D eigenvalue weighted by Gasteiger charge is -2.31. The van der Waals surface area contributed by atoms with Crippen LogP contribution in [-0.2, 0) is 25.5 Å². The molecule has 0 radical (unpaired) electrons. The summed E-state index contributed by atoms with van der Waals surface area (Å²) in [5.41, 5.74) is 4.86. The number of amides is 1. The first kappa shape index (κ1) is 35.0. The zero-order chi connectivity index (χ0) is 33.3. The predicted octanol–water partition coefficient (Wildman–Crippen LogP) is 5.73. The number of rotatable bonds is 14. The topological polar surface area (TPSA) is 118 Å². The van der Waals surface area contributed by atoms with Crippen molar-refractivity contribution in [2.24, 2.45) is 4.99 Å². The third-order valence-electron chi connectivity index (χ3n) is 7.00. The average molecular weight is 703 g/mol. The van der Waals surface area contributed by atoms with Crippen molar-refractivity contribution in [2.45, 2.75) is 63.7 Å². The van der Waals surface area contributed by atoms with Gasteiger partial charge in [-0.25, -0.2) is 19.2 Å². The van der Waals surface area contributed by atoms with Crippen molar-refractivity contribution in [1.82, 2.24) is 10.9 Å². The summed E-state index contributed by atoms with van der Waals surface area (Å²) >= 11 is 3.44. The molecule has 0 aromatic heterocycles. The highest BCUT2D eigenvalue weighted by atomic mass is 79.9. The Morgan fingerprint density at radius 2 is 1.72 bits per heavy atom. The number of esters is 1. The molecule has 1 amide bonds. The van der Waals surface area contributed by atoms with E-state index < -0.39 is 40.8 Å². The Hall–Kier alpha value is -3.87. The monoisotopic (exact) mass is 701 g/mol. The second kappa shape index (κ2) is 15.6. The molecule has 0 unspecified atom stereocenters. The zero-order valence-electron chi connectivity index (χ0n) is 25.9. The van der Waals surface area contributed by atoms with Gasteiger partial charge in [0.1, 0.15) is 23.0 Å². The highest BCUT2D eigenvalue weighted by Gasteiger charge is 2.53. The Balaban J connectivity index is 1.64. The van der Waals surface area contributed by atoms with Gasteiger partial charge in [-0.2, -0.15) is 0 Å². The normalized spacial score (nSPS) is 17.6. The molecular formula is C34H38BrF2N3O6. The molecule has 1 aliphatic rings. The van der Waals surface area contributed by atoms with Crippen LogP contribution in [0.3, 0.4) is 0 Å². The number of hydrogen-bond acceptors (Lipinski definition) is 8. The molecule has 0 bridgehead atoms. The van der Waals surface area contributed by atoms with Crippen molar-refractivity contribution in [1.29, 1.82) is 0 Å². The third-order valence-corrected chi connectivity index (χ3v) is 7.52. The largest absolute Gasteiger partial charge is 0.494 e. The molecule has 3 aromatic rings. The molecule has 3 N–H and O–H groups in total. The maximum absolute atomic E-state index is 14.1. The van der Waals surface area contributed by atoms with Gasteiger partial charge in [-0.15, -0.1) is 0 Å². The second-order valence-corrected chi connectivity index (χ2v) is 12.8. The Labute approximate surface area is 275 Å². The minimum Gasteiger partial charge on any atom is -0.494 e. The number of aliphatic hydroxyl groups is 1. The number of nitrogens with one attached hydrogen (secondary N) is 2. The molecule has 46 heavy (non-hydrogen) atoms. The molecule has 1 heterocycles. The summed E-state index contributed by atoms with van der Waals surface area (Å²) in [5.74, 6) is -1.64. The zero-order valence-corrected chi connectivity index (χ0v) is 27.5. The van der Waals surface area contributed by atoms with E-state index in [0.29, 0.717) is 35.5 Å². The van der Waals surface area contributed by atoms with E-state index in [2.05, 4.69) is 26.8 Å². The highest BCUT2D eigenvalue weighted by Crippen LogP contribution is 2.43. The summed E-state index contributed by atoms with van der Waals surface area (Å²) < 4.78 is 45.7. The number of ether oxygens (including phenoxy) is 3. The summed E-state index contributed by atoms with van der Waals surface area (Å²) in [5, 5.41) is 9.03. The first-order chi connectivity index (χ1) is 21.9. The second-order valence-electron chi connectivity index (χ2n) is 11.8. The number of benzene rings is 3. The van der Waals surface area contributed by atoms with Crippen LogP contribution < -0.4 is 15.6 Å². The summed E-state index contributed by atoms with van der Waals surface area (Å²) in [6, 6.07) is 17.5. The molecule has 0 saturated carbocycles. The fourth-order valence-electron chi connectivity index (χ4n) is 4.91. The Kier molecular flexibility index (Phi) is 11.9. The molecular weight excluding hydrogens is 664 g/mol. The van der Waals surface area contributed by atoms with Crippen molar-refractivity contribution in [3.63, 3.8) is 0 Å². The molecule has 3 aromatic carbocycles. The van der Waals surface area contributed by atoms with Gasteiger partial charge in [0.2, 0.25) is 5.90 Å². The lowest BCUT2D eigenvalue weighted by Crippen LogP contribution is -2.53. The van der Waals surface area contributed by atoms with Crippen molar-refractivity contribution in [2.75, 3.05) is 19.8 Å². The van der Waals surface area contributed by atoms with Gasteiger partial charge in [-0.3, -0.25) is 15.0 Å². The van der Waals surface area contributed by atoms with Crippen LogP contribution in [0.4, 0.5) is 8.78 Å². The number of hydrazine groups is 1. The first-order valence-electron chi connectivity index (χ1n) is 14.9. The van der Waals surface area contributed by atoms with Crippen LogP contribution in [0.5, 0.6) is 5.75 Å². The molecule has 0 aliphatic carbocycles. The molecule has 12 heteroatoms. The van der Waals surface area contributed by atoms with E-state index in [-0.39, 0.29) is 38.3 Å². The van der Waals surface area contributed by atoms with Crippen molar-refractivity contribution < 1.29 is 37.7 Å². The minimum atomic E-state index is -1.60. The van der Waals surface area contributed by atoms with Gasteiger partial charge in [-0.05, 0) is 93.3 Å². The Bertz CT molecular complexity index is 1510. The van der Waals surface area contributed by atoms with Gasteiger partial charge >= 0.3 is 5.97 Å². The number of carbonyl (C=O) groups excluding carboxylic acids is 2. The SMILES string of the molecule is CC(C)(C)OC(=O)CC[C@]1(C(=O)NNCCc2cc(F)cc(F)c2)N=C(c2ccc(OCCCO)cc2)O[C@H]1c1ccc(Br)cc1. The Morgan fingerprint density at radius 3 is 2.35 bits per heavy atom. The van der Waals surface area contributed by atoms with Gasteiger partial charge in [0.25, 0.3) is 5.91 Å². The smallest absolute Gasteiger partial charge is 0.306 e. The molecule has 1 aliphatic heterocycles. The number of halogens is 3. The van der Waals surface area contributed by atoms with Gasteiger partial charge in [0.15, 0.2) is 11.6 Å². The van der Waals surface area contributed by atoms with E-state index in [1.807, 2.05) is 24.3 Å². The number of nitrogens with zero attached hydrogens (tertiary/aromatic N) is 1. The van der Waals surface area contributed by atoms with Crippen molar-refractivity contribution in [3.05, 3.63) is 99.5 Å². The van der Waals surface area contributed by atoms with Crippen molar-refractivity contribution in [3.8, 4) is 5.75 Å². The third kappa shape index (κ3) is 9.57. The fourth-order valence-corrected chi connectivity index (χ4v) is 5.17. The van der Waals surface area contributed by atoms with Gasteiger partial charge in [0, 0.05) is 42.1 Å². The number of aliphatic hydroxyl groups excluding tert-OH is 1. The van der Waals surface area contributed by atoms with Crippen LogP contribution in [0, 0.1) is 11.6 Å². The Morgan fingerprint density at radius 1 is 1.04 bits per heavy atom. The number of carbonyl (C=O) groups is 2. The predicted molar refractivity (Wildman–Crippen MR) is 172 cm³/mol. The van der Waals surface area contributed by atoms with Crippen LogP contribution in [0.25, 0.3) is 0 Å². The molecule has 2 atom stereocenters. The van der Waals surface area contributed by atoms with Crippen LogP contribution in [0.2, 0.25) is 0 Å². The summed E-state index contributed by atoms with van der Waals surface area (Å²) in [4.78, 5) is 31.9. The highest BCUT2D eigenvalue weighted by molar-refractivity contribution is 9.10. The van der Waals surface area contributed by atoms with Gasteiger partial charge in [0.05, 0.1) is 6.61 Å². The molecule has 246 valence electrons. The fraction of sp³-hybridized carbons (Fsp3) is 0.382. The number of hydrogen-bond donors (Lipinski definition) is 3. The molecule has 4 rings (SSSR count). The van der Waals surface area contributed by atoms with E-state index in [1.165, 1.54) is 12.1 Å². The van der Waals surface area contributed by atoms with Crippen LogP contribution >= 0.6 is 15.9 Å². The van der Waals surface area contributed by atoms with Crippen LogP contribution in [0.1, 0.15) is 62.8 Å². The lowest BCUT2D eigenvalue weighted by atomic mass is 9.83. The lowest BCUT2D eigenvalue weighted by molar-refractivity contribution is -0.155. The standard InChI is InChI=1S/C34H38BrF2N3O6/c1-33(2,3)46-29(42)13-15-34(32(43)40-38-16-14-22-19-26(36)21-27(37)20-22)30(23-5-9-25(35)10-6-23)45-31(39-34)24-7-11-28(12-8-24)44-18-4-17-41/h5-12,19-21,30,38,41H,4,13-18H2,1-3H3,(H,40,43)/t30-,34-/m0/s1. The van der Waals surface area contributed by atoms with Crippen molar-refractivity contribution >= 4 is 33.7 Å². The van der Waals surface area contributed by atoms with E-state index in [1.54, 1.807) is 45.0 Å². The molecule has 0 spiro atoms.